The van der Waals surface area contributed by atoms with Crippen LogP contribution in [-0.4, -0.2) is 27.6 Å². The number of benzene rings is 2. The van der Waals surface area contributed by atoms with Crippen molar-refractivity contribution in [2.24, 2.45) is 0 Å². The molecule has 0 aliphatic heterocycles. The van der Waals surface area contributed by atoms with Gasteiger partial charge in [0.15, 0.2) is 0 Å². The average Bonchev–Trinajstić information content (AvgIpc) is 3.39. The maximum absolute atomic E-state index is 12.7. The summed E-state index contributed by atoms with van der Waals surface area (Å²) < 4.78 is 1.85. The van der Waals surface area contributed by atoms with E-state index in [9.17, 15) is 4.79 Å². The molecule has 4 aromatic rings. The number of nitrogens with zero attached hydrogens (tertiary/aromatic N) is 3. The van der Waals surface area contributed by atoms with E-state index in [1.807, 2.05) is 90.0 Å². The van der Waals surface area contributed by atoms with Crippen molar-refractivity contribution in [3.63, 3.8) is 0 Å². The van der Waals surface area contributed by atoms with Gasteiger partial charge in [-0.2, -0.15) is 5.10 Å². The molecule has 4 nitrogen and oxygen atoms in total. The van der Waals surface area contributed by atoms with E-state index in [4.69, 9.17) is 16.7 Å². The molecule has 0 fully saturated rings. The summed E-state index contributed by atoms with van der Waals surface area (Å²) in [4.78, 5) is 15.1. The van der Waals surface area contributed by atoms with Crippen LogP contribution in [0.15, 0.2) is 78.3 Å². The van der Waals surface area contributed by atoms with Crippen LogP contribution in [0.3, 0.4) is 0 Å². The summed E-state index contributed by atoms with van der Waals surface area (Å²) in [5, 5.41) is 7.38. The van der Waals surface area contributed by atoms with Gasteiger partial charge in [0.05, 0.1) is 16.3 Å². The van der Waals surface area contributed by atoms with E-state index in [2.05, 4.69) is 0 Å². The molecule has 0 aliphatic carbocycles. The molecule has 0 aliphatic rings. The third-order valence-electron chi connectivity index (χ3n) is 4.41. The van der Waals surface area contributed by atoms with Crippen molar-refractivity contribution in [3.05, 3.63) is 93.8 Å². The number of carbonyl (C=O) groups excluding carboxylic acids is 1. The van der Waals surface area contributed by atoms with E-state index >= 15 is 0 Å². The fourth-order valence-electron chi connectivity index (χ4n) is 3.00. The number of halogens is 1. The third-order valence-corrected chi connectivity index (χ3v) is 5.52. The molecule has 0 saturated carbocycles. The molecule has 0 bridgehead atoms. The van der Waals surface area contributed by atoms with E-state index in [-0.39, 0.29) is 5.91 Å². The lowest BCUT2D eigenvalue weighted by Crippen LogP contribution is -2.25. The zero-order valence-corrected chi connectivity index (χ0v) is 16.8. The average molecular weight is 408 g/mol. The Kier molecular flexibility index (Phi) is 5.28. The van der Waals surface area contributed by atoms with Gasteiger partial charge in [-0.1, -0.05) is 48.0 Å². The predicted octanol–water partition coefficient (Wildman–Crippen LogP) is 5.53. The number of hydrogen-bond acceptors (Lipinski definition) is 3. The SMILES string of the molecule is CN(Cc1cn(-c2ccccc2)nc1-c1ccc(Cl)cc1)C(=O)c1cccs1. The number of thiophene rings is 1. The number of aromatic nitrogens is 2. The molecule has 0 unspecified atom stereocenters. The fraction of sp³-hybridized carbons (Fsp3) is 0.0909. The third kappa shape index (κ3) is 3.86. The Bertz CT molecular complexity index is 1070. The molecule has 28 heavy (non-hydrogen) atoms. The molecule has 0 spiro atoms. The summed E-state index contributed by atoms with van der Waals surface area (Å²) >= 11 is 7.49. The fourth-order valence-corrected chi connectivity index (χ4v) is 3.85. The first-order valence-electron chi connectivity index (χ1n) is 8.81. The lowest BCUT2D eigenvalue weighted by molar-refractivity contribution is 0.0790. The van der Waals surface area contributed by atoms with Gasteiger partial charge in [-0.3, -0.25) is 4.79 Å². The lowest BCUT2D eigenvalue weighted by atomic mass is 10.1. The normalized spacial score (nSPS) is 10.8. The highest BCUT2D eigenvalue weighted by Crippen LogP contribution is 2.26. The van der Waals surface area contributed by atoms with Crippen LogP contribution in [0, 0.1) is 0 Å². The standard InChI is InChI=1S/C22H18ClN3OS/c1-25(22(27)20-8-5-13-28-20)14-17-15-26(19-6-3-2-4-7-19)24-21(17)16-9-11-18(23)12-10-16/h2-13,15H,14H2,1H3. The number of para-hydroxylation sites is 1. The quantitative estimate of drug-likeness (QED) is 0.436. The van der Waals surface area contributed by atoms with Crippen molar-refractivity contribution in [3.8, 4) is 16.9 Å². The topological polar surface area (TPSA) is 38.1 Å². The molecule has 2 heterocycles. The van der Waals surface area contributed by atoms with Crippen LogP contribution in [0.5, 0.6) is 0 Å². The highest BCUT2D eigenvalue weighted by atomic mass is 35.5. The van der Waals surface area contributed by atoms with Gasteiger partial charge < -0.3 is 4.90 Å². The summed E-state index contributed by atoms with van der Waals surface area (Å²) in [6.07, 6.45) is 1.98. The minimum atomic E-state index is 0.00418. The first kappa shape index (κ1) is 18.5. The Morgan fingerprint density at radius 1 is 1.07 bits per heavy atom. The first-order valence-corrected chi connectivity index (χ1v) is 10.1. The minimum Gasteiger partial charge on any atom is -0.337 e. The Balaban J connectivity index is 1.71. The molecule has 0 radical (unpaired) electrons. The zero-order chi connectivity index (χ0) is 19.5. The predicted molar refractivity (Wildman–Crippen MR) is 114 cm³/mol. The summed E-state index contributed by atoms with van der Waals surface area (Å²) in [5.74, 6) is 0.00418. The van der Waals surface area contributed by atoms with Crippen LogP contribution < -0.4 is 0 Å². The van der Waals surface area contributed by atoms with Crippen LogP contribution in [0.1, 0.15) is 15.2 Å². The Labute approximate surface area is 172 Å². The van der Waals surface area contributed by atoms with Gasteiger partial charge in [0.1, 0.15) is 0 Å². The van der Waals surface area contributed by atoms with Crippen molar-refractivity contribution in [1.82, 2.24) is 14.7 Å². The van der Waals surface area contributed by atoms with E-state index in [1.165, 1.54) is 11.3 Å². The van der Waals surface area contributed by atoms with Crippen LogP contribution in [0.4, 0.5) is 0 Å². The first-order chi connectivity index (χ1) is 13.6. The second-order valence-corrected chi connectivity index (χ2v) is 7.81. The summed E-state index contributed by atoms with van der Waals surface area (Å²) in [7, 11) is 1.81. The molecule has 2 aromatic carbocycles. The van der Waals surface area contributed by atoms with Gasteiger partial charge in [0.25, 0.3) is 5.91 Å². The van der Waals surface area contributed by atoms with E-state index < -0.39 is 0 Å². The van der Waals surface area contributed by atoms with Crippen molar-refractivity contribution >= 4 is 28.8 Å². The number of carbonyl (C=O) groups is 1. The molecular formula is C22H18ClN3OS. The molecule has 1 amide bonds. The van der Waals surface area contributed by atoms with Crippen molar-refractivity contribution < 1.29 is 4.79 Å². The van der Waals surface area contributed by atoms with Crippen LogP contribution in [-0.2, 0) is 6.54 Å². The molecule has 0 N–H and O–H groups in total. The van der Waals surface area contributed by atoms with Crippen LogP contribution in [0.2, 0.25) is 5.02 Å². The van der Waals surface area contributed by atoms with E-state index in [0.29, 0.717) is 11.6 Å². The van der Waals surface area contributed by atoms with E-state index in [1.54, 1.807) is 4.90 Å². The molecule has 140 valence electrons. The van der Waals surface area contributed by atoms with Crippen LogP contribution >= 0.6 is 22.9 Å². The number of amides is 1. The molecule has 0 saturated heterocycles. The highest BCUT2D eigenvalue weighted by Gasteiger charge is 2.18. The largest absolute Gasteiger partial charge is 0.337 e. The molecule has 0 atom stereocenters. The maximum atomic E-state index is 12.7. The second-order valence-electron chi connectivity index (χ2n) is 6.43. The van der Waals surface area contributed by atoms with Gasteiger partial charge in [-0.05, 0) is 35.7 Å². The van der Waals surface area contributed by atoms with E-state index in [0.717, 1.165) is 27.4 Å². The van der Waals surface area contributed by atoms with Crippen molar-refractivity contribution in [2.75, 3.05) is 7.05 Å². The second kappa shape index (κ2) is 8.00. The van der Waals surface area contributed by atoms with Gasteiger partial charge in [-0.25, -0.2) is 4.68 Å². The molecule has 2 aromatic heterocycles. The van der Waals surface area contributed by atoms with Crippen molar-refractivity contribution in [1.29, 1.82) is 0 Å². The Morgan fingerprint density at radius 3 is 2.50 bits per heavy atom. The lowest BCUT2D eigenvalue weighted by Gasteiger charge is -2.16. The number of hydrogen-bond donors (Lipinski definition) is 0. The Morgan fingerprint density at radius 2 is 1.82 bits per heavy atom. The summed E-state index contributed by atoms with van der Waals surface area (Å²) in [6, 6.07) is 21.3. The molecular weight excluding hydrogens is 390 g/mol. The van der Waals surface area contributed by atoms with Crippen LogP contribution in [0.25, 0.3) is 16.9 Å². The van der Waals surface area contributed by atoms with Gasteiger partial charge in [0.2, 0.25) is 0 Å². The van der Waals surface area contributed by atoms with Gasteiger partial charge in [0, 0.05) is 35.9 Å². The minimum absolute atomic E-state index is 0.00418. The summed E-state index contributed by atoms with van der Waals surface area (Å²) in [6.45, 7) is 0.460. The Hall–Kier alpha value is -2.89. The summed E-state index contributed by atoms with van der Waals surface area (Å²) in [5.41, 5.74) is 3.74. The van der Waals surface area contributed by atoms with Gasteiger partial charge in [-0.15, -0.1) is 11.3 Å². The monoisotopic (exact) mass is 407 g/mol. The number of rotatable bonds is 5. The zero-order valence-electron chi connectivity index (χ0n) is 15.2. The van der Waals surface area contributed by atoms with Crippen molar-refractivity contribution in [2.45, 2.75) is 6.54 Å². The van der Waals surface area contributed by atoms with Gasteiger partial charge >= 0.3 is 0 Å². The highest BCUT2D eigenvalue weighted by molar-refractivity contribution is 7.12. The molecule has 4 rings (SSSR count). The maximum Gasteiger partial charge on any atom is 0.263 e. The molecule has 6 heteroatoms. The smallest absolute Gasteiger partial charge is 0.263 e.